The van der Waals surface area contributed by atoms with Gasteiger partial charge in [-0.25, -0.2) is 13.8 Å². The Bertz CT molecular complexity index is 1480. The van der Waals surface area contributed by atoms with E-state index in [4.69, 9.17) is 26.1 Å². The third kappa shape index (κ3) is 7.88. The molecule has 9 nitrogen and oxygen atoms in total. The highest BCUT2D eigenvalue weighted by Crippen LogP contribution is 2.33. The number of nitro groups is 1. The molecule has 1 aliphatic rings. The highest BCUT2D eigenvalue weighted by molar-refractivity contribution is 6.30. The molecule has 0 bridgehead atoms. The van der Waals surface area contributed by atoms with Crippen molar-refractivity contribution in [2.45, 2.75) is 20.4 Å². The number of halogens is 3. The average molecular weight is 600 g/mol. The van der Waals surface area contributed by atoms with Crippen LogP contribution < -0.4 is 19.7 Å². The van der Waals surface area contributed by atoms with Crippen molar-refractivity contribution >= 4 is 28.9 Å². The molecule has 0 saturated carbocycles. The van der Waals surface area contributed by atoms with Crippen LogP contribution in [0.2, 0.25) is 5.02 Å². The number of nitrogens with zero attached hydrogens (tertiary/aromatic N) is 4. The lowest BCUT2D eigenvalue weighted by molar-refractivity contribution is -0.385. The van der Waals surface area contributed by atoms with Crippen molar-refractivity contribution < 1.29 is 23.2 Å². The number of ether oxygens (including phenoxy) is 2. The molecule has 1 saturated heterocycles. The second kappa shape index (κ2) is 14.0. The number of hydrogen-bond donors (Lipinski definition) is 1. The zero-order valence-electron chi connectivity index (χ0n) is 23.4. The fraction of sp³-hybridized carbons (Fsp3) is 0.300. The van der Waals surface area contributed by atoms with Crippen LogP contribution in [0.25, 0.3) is 0 Å². The van der Waals surface area contributed by atoms with E-state index in [0.717, 1.165) is 11.3 Å². The molecule has 0 unspecified atom stereocenters. The van der Waals surface area contributed by atoms with Crippen LogP contribution in [0.1, 0.15) is 19.4 Å². The summed E-state index contributed by atoms with van der Waals surface area (Å²) in [6.45, 7) is 11.1. The van der Waals surface area contributed by atoms with E-state index < -0.39 is 16.6 Å². The molecule has 0 aromatic heterocycles. The molecule has 0 amide bonds. The first-order valence-corrected chi connectivity index (χ1v) is 13.8. The molecule has 0 atom stereocenters. The quantitative estimate of drug-likeness (QED) is 0.0927. The number of anilines is 1. The highest BCUT2D eigenvalue weighted by Gasteiger charge is 2.23. The summed E-state index contributed by atoms with van der Waals surface area (Å²) in [4.78, 5) is 19.9. The largest absolute Gasteiger partial charge is 0.487 e. The van der Waals surface area contributed by atoms with Gasteiger partial charge in [0.05, 0.1) is 23.1 Å². The molecule has 1 N–H and O–H groups in total. The Morgan fingerprint density at radius 1 is 1.10 bits per heavy atom. The van der Waals surface area contributed by atoms with E-state index in [2.05, 4.69) is 21.7 Å². The van der Waals surface area contributed by atoms with E-state index in [0.29, 0.717) is 62.4 Å². The number of nitrogens with one attached hydrogen (secondary N) is 1. The van der Waals surface area contributed by atoms with Gasteiger partial charge in [-0.3, -0.25) is 10.1 Å². The second-order valence-corrected chi connectivity index (χ2v) is 10.1. The van der Waals surface area contributed by atoms with E-state index in [1.165, 1.54) is 42.5 Å². The van der Waals surface area contributed by atoms with Crippen molar-refractivity contribution in [3.63, 3.8) is 0 Å². The number of hydrogen-bond acceptors (Lipinski definition) is 6. The predicted octanol–water partition coefficient (Wildman–Crippen LogP) is 6.56. The molecule has 1 aliphatic heterocycles. The Morgan fingerprint density at radius 3 is 2.52 bits per heavy atom. The van der Waals surface area contributed by atoms with Gasteiger partial charge in [0.2, 0.25) is 0 Å². The predicted molar refractivity (Wildman–Crippen MR) is 160 cm³/mol. The summed E-state index contributed by atoms with van der Waals surface area (Å²) >= 11 is 5.89. The van der Waals surface area contributed by atoms with E-state index >= 15 is 0 Å². The number of rotatable bonds is 10. The van der Waals surface area contributed by atoms with Gasteiger partial charge in [-0.05, 0) is 50.2 Å². The molecule has 3 aromatic carbocycles. The Hall–Kier alpha value is -4.38. The molecule has 0 radical (unpaired) electrons. The first-order chi connectivity index (χ1) is 20.1. The van der Waals surface area contributed by atoms with Crippen LogP contribution in [0.5, 0.6) is 17.2 Å². The standard InChI is InChI=1S/C30H32ClF2N5O4/c1-4-41-29-16-23(6-9-27(29)38(39)40)36-11-13-37(14-12-36)30(34-18-20(2)3)35-19-21-15-22(32)5-10-28(21)42-24-7-8-26(33)25(31)17-24/h5-10,15-17H,2,4,11-14,18-19H2,1,3H3,(H,34,35). The molecular weight excluding hydrogens is 568 g/mol. The summed E-state index contributed by atoms with van der Waals surface area (Å²) in [5, 5.41) is 14.6. The summed E-state index contributed by atoms with van der Waals surface area (Å²) in [5.41, 5.74) is 2.18. The topological polar surface area (TPSA) is 92.5 Å². The van der Waals surface area contributed by atoms with Crippen molar-refractivity contribution in [1.82, 2.24) is 10.2 Å². The number of aliphatic imine (C=N–C) groups is 1. The monoisotopic (exact) mass is 599 g/mol. The summed E-state index contributed by atoms with van der Waals surface area (Å²) in [6.07, 6.45) is 0. The highest BCUT2D eigenvalue weighted by atomic mass is 35.5. The Labute approximate surface area is 248 Å². The van der Waals surface area contributed by atoms with Crippen LogP contribution >= 0.6 is 11.6 Å². The number of guanidine groups is 1. The van der Waals surface area contributed by atoms with Crippen LogP contribution in [0.3, 0.4) is 0 Å². The third-order valence-corrected chi connectivity index (χ3v) is 6.76. The zero-order valence-corrected chi connectivity index (χ0v) is 24.2. The number of benzene rings is 3. The minimum absolute atomic E-state index is 0.0686. The lowest BCUT2D eigenvalue weighted by Gasteiger charge is -2.38. The van der Waals surface area contributed by atoms with Gasteiger partial charge in [-0.1, -0.05) is 23.8 Å². The van der Waals surface area contributed by atoms with Crippen molar-refractivity contribution in [1.29, 1.82) is 0 Å². The second-order valence-electron chi connectivity index (χ2n) is 9.70. The van der Waals surface area contributed by atoms with Gasteiger partial charge in [0.25, 0.3) is 0 Å². The van der Waals surface area contributed by atoms with E-state index in [9.17, 15) is 18.9 Å². The maximum atomic E-state index is 14.2. The molecule has 222 valence electrons. The molecule has 0 aliphatic carbocycles. The molecule has 0 spiro atoms. The molecular formula is C30H32ClF2N5O4. The number of nitro benzene ring substituents is 1. The van der Waals surface area contributed by atoms with Crippen molar-refractivity contribution in [3.8, 4) is 17.2 Å². The van der Waals surface area contributed by atoms with Gasteiger partial charge in [-0.15, -0.1) is 0 Å². The molecule has 1 fully saturated rings. The zero-order chi connectivity index (χ0) is 30.2. The smallest absolute Gasteiger partial charge is 0.311 e. The van der Waals surface area contributed by atoms with E-state index in [1.807, 2.05) is 6.92 Å². The average Bonchev–Trinajstić information content (AvgIpc) is 2.96. The fourth-order valence-corrected chi connectivity index (χ4v) is 4.56. The molecule has 1 heterocycles. The lowest BCUT2D eigenvalue weighted by atomic mass is 10.2. The minimum Gasteiger partial charge on any atom is -0.487 e. The van der Waals surface area contributed by atoms with Crippen LogP contribution in [0, 0.1) is 21.7 Å². The molecule has 12 heteroatoms. The van der Waals surface area contributed by atoms with Gasteiger partial charge in [-0.2, -0.15) is 0 Å². The van der Waals surface area contributed by atoms with Gasteiger partial charge in [0.15, 0.2) is 11.7 Å². The van der Waals surface area contributed by atoms with Gasteiger partial charge in [0, 0.05) is 62.2 Å². The lowest BCUT2D eigenvalue weighted by Crippen LogP contribution is -2.52. The van der Waals surface area contributed by atoms with Crippen LogP contribution in [-0.2, 0) is 6.54 Å². The summed E-state index contributed by atoms with van der Waals surface area (Å²) in [7, 11) is 0. The molecule has 4 rings (SSSR count). The van der Waals surface area contributed by atoms with Crippen molar-refractivity contribution in [2.24, 2.45) is 4.99 Å². The SMILES string of the molecule is C=C(C)CNC(=NCc1cc(F)ccc1Oc1ccc(F)c(Cl)c1)N1CCN(c2ccc([N+](=O)[O-])c(OCC)c2)CC1. The third-order valence-electron chi connectivity index (χ3n) is 6.47. The first kappa shape index (κ1) is 30.6. The fourth-order valence-electron chi connectivity index (χ4n) is 4.39. The summed E-state index contributed by atoms with van der Waals surface area (Å²) in [6, 6.07) is 13.0. The molecule has 3 aromatic rings. The van der Waals surface area contributed by atoms with Crippen LogP contribution in [-0.4, -0.2) is 55.1 Å². The Balaban J connectivity index is 1.51. The van der Waals surface area contributed by atoms with Crippen molar-refractivity contribution in [2.75, 3.05) is 44.2 Å². The Morgan fingerprint density at radius 2 is 1.86 bits per heavy atom. The summed E-state index contributed by atoms with van der Waals surface area (Å²) < 4.78 is 39.2. The molecule has 42 heavy (non-hydrogen) atoms. The van der Waals surface area contributed by atoms with Crippen LogP contribution in [0.4, 0.5) is 20.2 Å². The van der Waals surface area contributed by atoms with E-state index in [1.54, 1.807) is 19.1 Å². The Kier molecular flexibility index (Phi) is 10.2. The maximum Gasteiger partial charge on any atom is 0.311 e. The van der Waals surface area contributed by atoms with Crippen LogP contribution in [0.15, 0.2) is 71.7 Å². The maximum absolute atomic E-state index is 14.2. The normalized spacial score (nSPS) is 13.6. The van der Waals surface area contributed by atoms with Crippen molar-refractivity contribution in [3.05, 3.63) is 99.1 Å². The van der Waals surface area contributed by atoms with Gasteiger partial charge in [0.1, 0.15) is 23.1 Å². The van der Waals surface area contributed by atoms with Gasteiger partial charge >= 0.3 is 5.69 Å². The minimum atomic E-state index is -0.565. The number of piperazine rings is 1. The first-order valence-electron chi connectivity index (χ1n) is 13.4. The summed E-state index contributed by atoms with van der Waals surface area (Å²) in [5.74, 6) is 0.540. The van der Waals surface area contributed by atoms with E-state index in [-0.39, 0.29) is 23.0 Å². The van der Waals surface area contributed by atoms with Gasteiger partial charge < -0.3 is 24.6 Å².